The van der Waals surface area contributed by atoms with E-state index in [0.29, 0.717) is 0 Å². The first-order chi connectivity index (χ1) is 1.73. The van der Waals surface area contributed by atoms with E-state index in [0.717, 1.165) is 0 Å². The van der Waals surface area contributed by atoms with Crippen molar-refractivity contribution in [3.63, 3.8) is 0 Å². The van der Waals surface area contributed by atoms with E-state index in [1.807, 2.05) is 0 Å². The van der Waals surface area contributed by atoms with Crippen molar-refractivity contribution in [3.8, 4) is 0 Å². The molecular formula is CHBrLi2O3. The van der Waals surface area contributed by atoms with Crippen LogP contribution in [0.2, 0.25) is 0 Å². The third-order valence-electron chi connectivity index (χ3n) is 0. The summed E-state index contributed by atoms with van der Waals surface area (Å²) in [6.45, 7) is 0. The summed E-state index contributed by atoms with van der Waals surface area (Å²) in [4.78, 5) is 8.44. The van der Waals surface area contributed by atoms with E-state index in [2.05, 4.69) is 0 Å². The number of carboxylic acid groups (broad SMARTS) is 2. The van der Waals surface area contributed by atoms with Crippen LogP contribution >= 0.6 is 0 Å². The summed E-state index contributed by atoms with van der Waals surface area (Å²) < 4.78 is 0. The van der Waals surface area contributed by atoms with Gasteiger partial charge < -0.3 is 32.0 Å². The SMILES string of the molecule is O=C([O-])O.[Br-].[Li+].[Li+]. The van der Waals surface area contributed by atoms with Crippen LogP contribution in [-0.4, -0.2) is 11.3 Å². The molecule has 0 amide bonds. The van der Waals surface area contributed by atoms with E-state index in [1.165, 1.54) is 0 Å². The van der Waals surface area contributed by atoms with Crippen molar-refractivity contribution in [2.75, 3.05) is 0 Å². The maximum absolute atomic E-state index is 8.44. The van der Waals surface area contributed by atoms with E-state index >= 15 is 0 Å². The number of carbonyl (C=O) groups is 1. The molecule has 0 aliphatic heterocycles. The zero-order chi connectivity index (χ0) is 3.58. The fraction of sp³-hybridized carbons (Fsp3) is 0. The van der Waals surface area contributed by atoms with Crippen molar-refractivity contribution in [2.45, 2.75) is 0 Å². The first kappa shape index (κ1) is 24.6. The molecule has 0 fully saturated rings. The molecule has 0 spiro atoms. The molecule has 0 aliphatic rings. The van der Waals surface area contributed by atoms with Crippen LogP contribution < -0.4 is 59.8 Å². The van der Waals surface area contributed by atoms with Crippen LogP contribution in [0.25, 0.3) is 0 Å². The number of hydrogen-bond acceptors (Lipinski definition) is 2. The summed E-state index contributed by atoms with van der Waals surface area (Å²) in [6, 6.07) is 0. The second kappa shape index (κ2) is 15.8. The quantitative estimate of drug-likeness (QED) is 0.353. The molecule has 0 heterocycles. The average molecular weight is 155 g/mol. The van der Waals surface area contributed by atoms with Crippen molar-refractivity contribution in [1.29, 1.82) is 0 Å². The first-order valence-electron chi connectivity index (χ1n) is 0.632. The molecule has 6 heteroatoms. The van der Waals surface area contributed by atoms with Crippen LogP contribution in [0.15, 0.2) is 0 Å². The Balaban J connectivity index is -0.0000000150. The Bertz CT molecular complexity index is 35.9. The molecule has 0 bridgehead atoms. The van der Waals surface area contributed by atoms with Crippen LogP contribution in [-0.2, 0) is 0 Å². The molecule has 1 N–H and O–H groups in total. The second-order valence-electron chi connectivity index (χ2n) is 0.266. The predicted molar refractivity (Wildman–Crippen MR) is 8.02 cm³/mol. The Morgan fingerprint density at radius 1 is 1.43 bits per heavy atom. The van der Waals surface area contributed by atoms with Gasteiger partial charge in [-0.25, -0.2) is 0 Å². The van der Waals surface area contributed by atoms with E-state index < -0.39 is 6.16 Å². The third kappa shape index (κ3) is 190. The minimum atomic E-state index is -2.08. The van der Waals surface area contributed by atoms with E-state index in [1.54, 1.807) is 0 Å². The summed E-state index contributed by atoms with van der Waals surface area (Å²) in [5, 5.41) is 15.3. The largest absolute Gasteiger partial charge is 1.00 e. The van der Waals surface area contributed by atoms with Crippen molar-refractivity contribution in [3.05, 3.63) is 0 Å². The van der Waals surface area contributed by atoms with Gasteiger partial charge in [0.25, 0.3) is 0 Å². The van der Waals surface area contributed by atoms with Crippen LogP contribution in [0.4, 0.5) is 4.79 Å². The minimum absolute atomic E-state index is 0. The van der Waals surface area contributed by atoms with E-state index in [9.17, 15) is 0 Å². The first-order valence-corrected chi connectivity index (χ1v) is 0.632. The fourth-order valence-corrected chi connectivity index (χ4v) is 0. The summed E-state index contributed by atoms with van der Waals surface area (Å²) in [5.41, 5.74) is 0. The Morgan fingerprint density at radius 2 is 1.43 bits per heavy atom. The van der Waals surface area contributed by atoms with Gasteiger partial charge in [0.15, 0.2) is 0 Å². The minimum Gasteiger partial charge on any atom is -1.00 e. The predicted octanol–water partition coefficient (Wildman–Crippen LogP) is -10.1. The van der Waals surface area contributed by atoms with Gasteiger partial charge in [-0.1, -0.05) is 0 Å². The molecule has 0 radical (unpaired) electrons. The summed E-state index contributed by atoms with van der Waals surface area (Å²) in [6.07, 6.45) is -2.08. The molecule has 0 aromatic carbocycles. The molecule has 0 aromatic rings. The molecule has 0 unspecified atom stereocenters. The van der Waals surface area contributed by atoms with Gasteiger partial charge in [0.2, 0.25) is 6.16 Å². The molecular weight excluding hydrogens is 154 g/mol. The van der Waals surface area contributed by atoms with Gasteiger partial charge in [0, 0.05) is 0 Å². The zero-order valence-corrected chi connectivity index (χ0v) is 5.73. The Hall–Kier alpha value is 0.945. The number of halogens is 1. The summed E-state index contributed by atoms with van der Waals surface area (Å²) >= 11 is 0. The Labute approximate surface area is 75.6 Å². The average Bonchev–Trinajstić information content (AvgIpc) is 0.811. The smallest absolute Gasteiger partial charge is 1.00 e. The Kier molecular flexibility index (Phi) is 55.5. The molecule has 0 aliphatic carbocycles. The van der Waals surface area contributed by atoms with Crippen molar-refractivity contribution >= 4 is 6.16 Å². The van der Waals surface area contributed by atoms with Crippen LogP contribution in [0.3, 0.4) is 0 Å². The summed E-state index contributed by atoms with van der Waals surface area (Å²) in [7, 11) is 0. The van der Waals surface area contributed by atoms with E-state index in [-0.39, 0.29) is 54.7 Å². The molecule has 0 rings (SSSR count). The van der Waals surface area contributed by atoms with Gasteiger partial charge >= 0.3 is 37.7 Å². The molecule has 7 heavy (non-hydrogen) atoms. The fourth-order valence-electron chi connectivity index (χ4n) is 0. The molecule has 0 saturated heterocycles. The van der Waals surface area contributed by atoms with E-state index in [4.69, 9.17) is 15.0 Å². The third-order valence-corrected chi connectivity index (χ3v) is 0. The van der Waals surface area contributed by atoms with Crippen LogP contribution in [0, 0.1) is 0 Å². The maximum Gasteiger partial charge on any atom is 1.00 e. The second-order valence-corrected chi connectivity index (χ2v) is 0.266. The van der Waals surface area contributed by atoms with Crippen molar-refractivity contribution in [1.82, 2.24) is 0 Å². The molecule has 3 nitrogen and oxygen atoms in total. The normalized spacial score (nSPS) is 3.43. The van der Waals surface area contributed by atoms with Gasteiger partial charge in [0.05, 0.1) is 0 Å². The van der Waals surface area contributed by atoms with Crippen molar-refractivity contribution in [2.24, 2.45) is 0 Å². The van der Waals surface area contributed by atoms with Crippen molar-refractivity contribution < 1.29 is 69.7 Å². The van der Waals surface area contributed by atoms with Gasteiger partial charge in [-0.15, -0.1) is 0 Å². The summed E-state index contributed by atoms with van der Waals surface area (Å²) in [5.74, 6) is 0. The van der Waals surface area contributed by atoms with Gasteiger partial charge in [-0.2, -0.15) is 0 Å². The maximum atomic E-state index is 8.44. The van der Waals surface area contributed by atoms with Crippen LogP contribution in [0.5, 0.6) is 0 Å². The molecule has 32 valence electrons. The molecule has 0 atom stereocenters. The Morgan fingerprint density at radius 3 is 1.43 bits per heavy atom. The zero-order valence-electron chi connectivity index (χ0n) is 4.14. The monoisotopic (exact) mass is 154 g/mol. The van der Waals surface area contributed by atoms with Crippen LogP contribution in [0.1, 0.15) is 0 Å². The molecule has 0 saturated carbocycles. The van der Waals surface area contributed by atoms with Gasteiger partial charge in [-0.3, -0.25) is 0 Å². The standard InChI is InChI=1S/CH2O3.BrH.2Li/c2-1(3)4;;;/h(H2,2,3,4);1H;;/q;;2*+1/p-2. The van der Waals surface area contributed by atoms with Gasteiger partial charge in [0.1, 0.15) is 0 Å². The number of hydrogen-bond donors (Lipinski definition) is 1. The molecule has 0 aromatic heterocycles. The number of rotatable bonds is 0. The van der Waals surface area contributed by atoms with Gasteiger partial charge in [-0.05, 0) is 0 Å². The topological polar surface area (TPSA) is 60.4 Å².